The Bertz CT molecular complexity index is 1450. The van der Waals surface area contributed by atoms with Crippen LogP contribution in [0.25, 0.3) is 16.6 Å². The minimum absolute atomic E-state index is 0.0344. The van der Waals surface area contributed by atoms with Gasteiger partial charge in [-0.2, -0.15) is 9.78 Å². The van der Waals surface area contributed by atoms with Crippen molar-refractivity contribution in [3.05, 3.63) is 98.8 Å². The predicted molar refractivity (Wildman–Crippen MR) is 142 cm³/mol. The Labute approximate surface area is 207 Å². The van der Waals surface area contributed by atoms with Crippen molar-refractivity contribution in [2.24, 2.45) is 5.10 Å². The molecule has 0 radical (unpaired) electrons. The average molecular weight is 519 g/mol. The lowest BCUT2D eigenvalue weighted by Crippen LogP contribution is -2.23. The number of aromatic nitrogens is 3. The lowest BCUT2D eigenvalue weighted by molar-refractivity contribution is 0.363. The lowest BCUT2D eigenvalue weighted by Gasteiger charge is -2.12. The van der Waals surface area contributed by atoms with E-state index in [1.165, 1.54) is 4.68 Å². The Morgan fingerprint density at radius 3 is 2.56 bits per heavy atom. The SMILES string of the molecule is C=CCOc1ccc(-n2c(C)cc(C=Nn3c(C(C)C)nc4ccc(Br)cc4c3=O)c2C)cc1. The Hall–Kier alpha value is -3.45. The molecule has 2 aromatic carbocycles. The minimum atomic E-state index is -0.185. The highest BCUT2D eigenvalue weighted by Crippen LogP contribution is 2.23. The molecule has 0 saturated heterocycles. The zero-order chi connectivity index (χ0) is 24.4. The van der Waals surface area contributed by atoms with Crippen molar-refractivity contribution < 1.29 is 4.74 Å². The largest absolute Gasteiger partial charge is 0.490 e. The van der Waals surface area contributed by atoms with E-state index in [1.54, 1.807) is 18.4 Å². The highest BCUT2D eigenvalue weighted by molar-refractivity contribution is 9.10. The molecule has 174 valence electrons. The molecule has 0 atom stereocenters. The third-order valence-corrected chi connectivity index (χ3v) is 6.09. The molecule has 0 N–H and O–H groups in total. The summed E-state index contributed by atoms with van der Waals surface area (Å²) in [7, 11) is 0. The monoisotopic (exact) mass is 518 g/mol. The zero-order valence-electron chi connectivity index (χ0n) is 19.7. The number of hydrogen-bond acceptors (Lipinski definition) is 4. The molecule has 34 heavy (non-hydrogen) atoms. The normalized spacial score (nSPS) is 11.6. The molecule has 0 amide bonds. The van der Waals surface area contributed by atoms with Crippen LogP contribution in [0.4, 0.5) is 0 Å². The van der Waals surface area contributed by atoms with Crippen LogP contribution in [0.15, 0.2) is 75.6 Å². The first-order valence-electron chi connectivity index (χ1n) is 11.1. The van der Waals surface area contributed by atoms with E-state index in [4.69, 9.17) is 9.72 Å². The fourth-order valence-corrected chi connectivity index (χ4v) is 4.29. The van der Waals surface area contributed by atoms with Gasteiger partial charge in [0.2, 0.25) is 0 Å². The van der Waals surface area contributed by atoms with Gasteiger partial charge in [0.05, 0.1) is 17.1 Å². The number of hydrogen-bond donors (Lipinski definition) is 0. The molecule has 0 aliphatic heterocycles. The number of aryl methyl sites for hydroxylation is 1. The van der Waals surface area contributed by atoms with E-state index in [1.807, 2.05) is 64.1 Å². The van der Waals surface area contributed by atoms with Crippen molar-refractivity contribution in [3.8, 4) is 11.4 Å². The van der Waals surface area contributed by atoms with Crippen molar-refractivity contribution in [2.75, 3.05) is 6.61 Å². The van der Waals surface area contributed by atoms with E-state index in [0.29, 0.717) is 23.3 Å². The molecular formula is C27H27BrN4O2. The van der Waals surface area contributed by atoms with Gasteiger partial charge in [0.25, 0.3) is 5.56 Å². The maximum Gasteiger partial charge on any atom is 0.282 e. The Kier molecular flexibility index (Phi) is 6.84. The molecule has 0 aliphatic rings. The first-order chi connectivity index (χ1) is 16.3. The summed E-state index contributed by atoms with van der Waals surface area (Å²) in [5.41, 5.74) is 4.53. The summed E-state index contributed by atoms with van der Waals surface area (Å²) in [4.78, 5) is 18.0. The Morgan fingerprint density at radius 1 is 1.15 bits per heavy atom. The van der Waals surface area contributed by atoms with Gasteiger partial charge in [0.1, 0.15) is 18.2 Å². The van der Waals surface area contributed by atoms with E-state index in [0.717, 1.165) is 32.9 Å². The van der Waals surface area contributed by atoms with E-state index >= 15 is 0 Å². The second-order valence-electron chi connectivity index (χ2n) is 8.40. The van der Waals surface area contributed by atoms with Crippen molar-refractivity contribution in [3.63, 3.8) is 0 Å². The van der Waals surface area contributed by atoms with Crippen LogP contribution in [0.1, 0.15) is 42.5 Å². The van der Waals surface area contributed by atoms with E-state index in [9.17, 15) is 4.79 Å². The minimum Gasteiger partial charge on any atom is -0.490 e. The summed E-state index contributed by atoms with van der Waals surface area (Å²) < 4.78 is 9.99. The van der Waals surface area contributed by atoms with Gasteiger partial charge >= 0.3 is 0 Å². The molecule has 0 spiro atoms. The summed E-state index contributed by atoms with van der Waals surface area (Å²) in [6, 6.07) is 15.5. The molecular weight excluding hydrogens is 492 g/mol. The van der Waals surface area contributed by atoms with Gasteiger partial charge in [-0.15, -0.1) is 0 Å². The molecule has 0 unspecified atom stereocenters. The van der Waals surface area contributed by atoms with Crippen LogP contribution in [0.3, 0.4) is 0 Å². The molecule has 0 aliphatic carbocycles. The third-order valence-electron chi connectivity index (χ3n) is 5.60. The smallest absolute Gasteiger partial charge is 0.282 e. The number of nitrogens with zero attached hydrogens (tertiary/aromatic N) is 4. The van der Waals surface area contributed by atoms with Crippen LogP contribution >= 0.6 is 15.9 Å². The first kappa shape index (κ1) is 23.7. The van der Waals surface area contributed by atoms with Crippen LogP contribution in [-0.2, 0) is 0 Å². The summed E-state index contributed by atoms with van der Waals surface area (Å²) >= 11 is 3.44. The molecule has 2 heterocycles. The zero-order valence-corrected chi connectivity index (χ0v) is 21.3. The second kappa shape index (κ2) is 9.81. The van der Waals surface area contributed by atoms with Gasteiger partial charge in [-0.1, -0.05) is 42.4 Å². The fourth-order valence-electron chi connectivity index (χ4n) is 3.93. The number of benzene rings is 2. The van der Waals surface area contributed by atoms with Crippen molar-refractivity contribution in [2.45, 2.75) is 33.6 Å². The Balaban J connectivity index is 1.74. The van der Waals surface area contributed by atoms with Gasteiger partial charge in [0, 0.05) is 33.0 Å². The lowest BCUT2D eigenvalue weighted by atomic mass is 10.2. The molecule has 0 fully saturated rings. The van der Waals surface area contributed by atoms with E-state index < -0.39 is 0 Å². The fraction of sp³-hybridized carbons (Fsp3) is 0.222. The summed E-state index contributed by atoms with van der Waals surface area (Å²) in [5, 5.41) is 5.12. The van der Waals surface area contributed by atoms with Crippen LogP contribution < -0.4 is 10.3 Å². The van der Waals surface area contributed by atoms with Gasteiger partial charge in [0.15, 0.2) is 0 Å². The van der Waals surface area contributed by atoms with Crippen molar-refractivity contribution in [1.82, 2.24) is 14.2 Å². The van der Waals surface area contributed by atoms with Gasteiger partial charge in [-0.05, 0) is 62.4 Å². The van der Waals surface area contributed by atoms with Gasteiger partial charge < -0.3 is 9.30 Å². The van der Waals surface area contributed by atoms with Crippen LogP contribution in [0, 0.1) is 13.8 Å². The van der Waals surface area contributed by atoms with Crippen molar-refractivity contribution >= 4 is 33.0 Å². The molecule has 0 saturated carbocycles. The van der Waals surface area contributed by atoms with Crippen LogP contribution in [-0.4, -0.2) is 27.0 Å². The molecule has 0 bridgehead atoms. The quantitative estimate of drug-likeness (QED) is 0.218. The van der Waals surface area contributed by atoms with Crippen LogP contribution in [0.5, 0.6) is 5.75 Å². The standard InChI is InChI=1S/C27H27BrN4O2/c1-6-13-34-23-10-8-22(9-11-23)31-18(4)14-20(19(31)5)16-29-32-26(17(2)3)30-25-12-7-21(28)15-24(25)27(32)33/h6-12,14-17H,1,13H2,2-5H3. The average Bonchev–Trinajstić information content (AvgIpc) is 3.10. The number of rotatable bonds is 7. The first-order valence-corrected chi connectivity index (χ1v) is 11.9. The summed E-state index contributed by atoms with van der Waals surface area (Å²) in [5.74, 6) is 1.45. The molecule has 2 aromatic heterocycles. The Morgan fingerprint density at radius 2 is 1.88 bits per heavy atom. The number of halogens is 1. The highest BCUT2D eigenvalue weighted by Gasteiger charge is 2.15. The van der Waals surface area contributed by atoms with Crippen LogP contribution in [0.2, 0.25) is 0 Å². The number of fused-ring (bicyclic) bond motifs is 1. The maximum absolute atomic E-state index is 13.3. The summed E-state index contributed by atoms with van der Waals surface area (Å²) in [6.07, 6.45) is 3.46. The summed E-state index contributed by atoms with van der Waals surface area (Å²) in [6.45, 7) is 12.3. The topological polar surface area (TPSA) is 61.4 Å². The van der Waals surface area contributed by atoms with Crippen molar-refractivity contribution in [1.29, 1.82) is 0 Å². The molecule has 7 heteroatoms. The van der Waals surface area contributed by atoms with E-state index in [2.05, 4.69) is 38.2 Å². The van der Waals surface area contributed by atoms with Gasteiger partial charge in [-0.3, -0.25) is 4.79 Å². The predicted octanol–water partition coefficient (Wildman–Crippen LogP) is 6.14. The van der Waals surface area contributed by atoms with E-state index in [-0.39, 0.29) is 11.5 Å². The number of ether oxygens (including phenoxy) is 1. The molecule has 4 rings (SSSR count). The van der Waals surface area contributed by atoms with Gasteiger partial charge in [-0.25, -0.2) is 4.98 Å². The molecule has 6 nitrogen and oxygen atoms in total. The second-order valence-corrected chi connectivity index (χ2v) is 9.32. The maximum atomic E-state index is 13.3. The third kappa shape index (κ3) is 4.61. The highest BCUT2D eigenvalue weighted by atomic mass is 79.9. The molecule has 4 aromatic rings.